The lowest BCUT2D eigenvalue weighted by Gasteiger charge is -1.94. The summed E-state index contributed by atoms with van der Waals surface area (Å²) in [6.45, 7) is 2.06. The highest BCUT2D eigenvalue weighted by molar-refractivity contribution is 5.33. The molecule has 0 aliphatic carbocycles. The van der Waals surface area contributed by atoms with E-state index in [-0.39, 0.29) is 5.56 Å². The number of fused-ring (bicyclic) bond motifs is 1. The van der Waals surface area contributed by atoms with Crippen molar-refractivity contribution in [3.63, 3.8) is 0 Å². The summed E-state index contributed by atoms with van der Waals surface area (Å²) in [6, 6.07) is 0. The second kappa shape index (κ2) is 3.01. The van der Waals surface area contributed by atoms with Gasteiger partial charge in [0.25, 0.3) is 5.56 Å². The van der Waals surface area contributed by atoms with Crippen molar-refractivity contribution in [1.29, 1.82) is 0 Å². The van der Waals surface area contributed by atoms with Crippen molar-refractivity contribution in [2.24, 2.45) is 0 Å². The van der Waals surface area contributed by atoms with Crippen LogP contribution in [-0.4, -0.2) is 19.6 Å². The van der Waals surface area contributed by atoms with Gasteiger partial charge in [0.05, 0.1) is 0 Å². The van der Waals surface area contributed by atoms with Crippen molar-refractivity contribution >= 4 is 5.65 Å². The van der Waals surface area contributed by atoms with Gasteiger partial charge < -0.3 is 4.98 Å². The normalized spacial score (nSPS) is 10.8. The van der Waals surface area contributed by atoms with Crippen LogP contribution in [0.15, 0.2) is 17.2 Å². The Kier molecular flexibility index (Phi) is 1.84. The minimum Gasteiger partial charge on any atom is -0.324 e. The van der Waals surface area contributed by atoms with Crippen molar-refractivity contribution in [3.8, 4) is 0 Å². The number of nitrogens with one attached hydrogen (secondary N) is 1. The van der Waals surface area contributed by atoms with E-state index in [2.05, 4.69) is 22.1 Å². The maximum absolute atomic E-state index is 11.2. The summed E-state index contributed by atoms with van der Waals surface area (Å²) >= 11 is 0. The number of aromatic nitrogens is 4. The van der Waals surface area contributed by atoms with Crippen molar-refractivity contribution in [2.75, 3.05) is 0 Å². The Morgan fingerprint density at radius 1 is 1.54 bits per heavy atom. The fourth-order valence-electron chi connectivity index (χ4n) is 1.28. The van der Waals surface area contributed by atoms with Gasteiger partial charge in [-0.05, 0) is 6.42 Å². The molecule has 2 aromatic heterocycles. The van der Waals surface area contributed by atoms with Crippen molar-refractivity contribution < 1.29 is 0 Å². The van der Waals surface area contributed by atoms with Gasteiger partial charge >= 0.3 is 0 Å². The van der Waals surface area contributed by atoms with Crippen molar-refractivity contribution in [2.45, 2.75) is 19.8 Å². The molecule has 1 N–H and O–H groups in total. The lowest BCUT2D eigenvalue weighted by atomic mass is 10.3. The van der Waals surface area contributed by atoms with E-state index < -0.39 is 0 Å². The van der Waals surface area contributed by atoms with Gasteiger partial charge in [0.1, 0.15) is 5.82 Å². The average molecular weight is 178 g/mol. The Hall–Kier alpha value is -1.65. The molecule has 5 nitrogen and oxygen atoms in total. The third kappa shape index (κ3) is 1.22. The van der Waals surface area contributed by atoms with E-state index in [1.54, 1.807) is 16.8 Å². The van der Waals surface area contributed by atoms with E-state index in [4.69, 9.17) is 0 Å². The SMILES string of the molecule is CCCc1nnc2c(=O)[nH]ccn12. The fraction of sp³-hybridized carbons (Fsp3) is 0.375. The molecule has 0 spiro atoms. The quantitative estimate of drug-likeness (QED) is 0.722. The molecule has 0 aromatic carbocycles. The maximum atomic E-state index is 11.2. The first kappa shape index (κ1) is 7.97. The van der Waals surface area contributed by atoms with Crippen LogP contribution in [0.1, 0.15) is 19.2 Å². The molecule has 2 heterocycles. The van der Waals surface area contributed by atoms with E-state index in [0.717, 1.165) is 18.7 Å². The zero-order valence-corrected chi connectivity index (χ0v) is 7.32. The molecule has 0 atom stereocenters. The molecule has 0 bridgehead atoms. The molecule has 5 heteroatoms. The lowest BCUT2D eigenvalue weighted by molar-refractivity contribution is 0.816. The molecule has 2 aromatic rings. The van der Waals surface area contributed by atoms with Crippen LogP contribution in [0.5, 0.6) is 0 Å². The molecule has 0 aliphatic rings. The van der Waals surface area contributed by atoms with Crippen LogP contribution in [0.4, 0.5) is 0 Å². The predicted molar refractivity (Wildman–Crippen MR) is 47.6 cm³/mol. The Labute approximate surface area is 74.4 Å². The summed E-state index contributed by atoms with van der Waals surface area (Å²) in [5.41, 5.74) is 0.170. The van der Waals surface area contributed by atoms with E-state index in [1.807, 2.05) is 0 Å². The third-order valence-electron chi connectivity index (χ3n) is 1.88. The highest BCUT2D eigenvalue weighted by Crippen LogP contribution is 2.00. The first-order valence-corrected chi connectivity index (χ1v) is 4.24. The smallest absolute Gasteiger partial charge is 0.293 e. The molecule has 0 radical (unpaired) electrons. The zero-order chi connectivity index (χ0) is 9.26. The van der Waals surface area contributed by atoms with Crippen LogP contribution in [-0.2, 0) is 6.42 Å². The summed E-state index contributed by atoms with van der Waals surface area (Å²) < 4.78 is 1.72. The summed E-state index contributed by atoms with van der Waals surface area (Å²) in [7, 11) is 0. The molecule has 0 fully saturated rings. The predicted octanol–water partition coefficient (Wildman–Crippen LogP) is 0.370. The molecule has 0 unspecified atom stereocenters. The van der Waals surface area contributed by atoms with E-state index in [0.29, 0.717) is 5.65 Å². The zero-order valence-electron chi connectivity index (χ0n) is 7.32. The molecular formula is C8H10N4O. The van der Waals surface area contributed by atoms with Crippen LogP contribution in [0.25, 0.3) is 5.65 Å². The molecule has 0 aliphatic heterocycles. The molecular weight excluding hydrogens is 168 g/mol. The fourth-order valence-corrected chi connectivity index (χ4v) is 1.28. The Bertz CT molecular complexity index is 470. The minimum absolute atomic E-state index is 0.197. The Morgan fingerprint density at radius 3 is 3.15 bits per heavy atom. The van der Waals surface area contributed by atoms with E-state index >= 15 is 0 Å². The topological polar surface area (TPSA) is 63.0 Å². The number of rotatable bonds is 2. The second-order valence-corrected chi connectivity index (χ2v) is 2.85. The first-order valence-electron chi connectivity index (χ1n) is 4.24. The van der Waals surface area contributed by atoms with Gasteiger partial charge in [0.2, 0.25) is 5.65 Å². The van der Waals surface area contributed by atoms with Crippen LogP contribution >= 0.6 is 0 Å². The second-order valence-electron chi connectivity index (χ2n) is 2.85. The highest BCUT2D eigenvalue weighted by atomic mass is 16.1. The Morgan fingerprint density at radius 2 is 2.38 bits per heavy atom. The monoisotopic (exact) mass is 178 g/mol. The van der Waals surface area contributed by atoms with Gasteiger partial charge in [-0.2, -0.15) is 0 Å². The summed E-state index contributed by atoms with van der Waals surface area (Å²) in [4.78, 5) is 13.8. The summed E-state index contributed by atoms with van der Waals surface area (Å²) in [6.07, 6.45) is 5.19. The first-order chi connectivity index (χ1) is 6.33. The number of nitrogens with zero attached hydrogens (tertiary/aromatic N) is 3. The van der Waals surface area contributed by atoms with Crippen LogP contribution in [0, 0.1) is 0 Å². The van der Waals surface area contributed by atoms with Gasteiger partial charge in [0.15, 0.2) is 0 Å². The minimum atomic E-state index is -0.197. The number of hydrogen-bond donors (Lipinski definition) is 1. The van der Waals surface area contributed by atoms with Crippen LogP contribution in [0.3, 0.4) is 0 Å². The number of aromatic amines is 1. The van der Waals surface area contributed by atoms with Crippen molar-refractivity contribution in [1.82, 2.24) is 19.6 Å². The summed E-state index contributed by atoms with van der Waals surface area (Å²) in [5.74, 6) is 0.837. The third-order valence-corrected chi connectivity index (χ3v) is 1.88. The van der Waals surface area contributed by atoms with Crippen molar-refractivity contribution in [3.05, 3.63) is 28.6 Å². The van der Waals surface area contributed by atoms with Gasteiger partial charge in [-0.25, -0.2) is 0 Å². The molecule has 68 valence electrons. The highest BCUT2D eigenvalue weighted by Gasteiger charge is 2.05. The molecule has 0 amide bonds. The van der Waals surface area contributed by atoms with Gasteiger partial charge in [-0.15, -0.1) is 10.2 Å². The number of aryl methyl sites for hydroxylation is 1. The van der Waals surface area contributed by atoms with Gasteiger partial charge in [0, 0.05) is 18.8 Å². The molecule has 0 saturated heterocycles. The molecule has 2 rings (SSSR count). The van der Waals surface area contributed by atoms with Gasteiger partial charge in [-0.1, -0.05) is 6.92 Å². The standard InChI is InChI=1S/C8H10N4O/c1-2-3-6-10-11-7-8(13)9-4-5-12(6)7/h4-5H,2-3H2,1H3,(H,9,13). The van der Waals surface area contributed by atoms with Crippen LogP contribution < -0.4 is 5.56 Å². The van der Waals surface area contributed by atoms with Crippen LogP contribution in [0.2, 0.25) is 0 Å². The molecule has 0 saturated carbocycles. The number of hydrogen-bond acceptors (Lipinski definition) is 3. The number of H-pyrrole nitrogens is 1. The average Bonchev–Trinajstić information content (AvgIpc) is 2.51. The van der Waals surface area contributed by atoms with E-state index in [1.165, 1.54) is 0 Å². The lowest BCUT2D eigenvalue weighted by Crippen LogP contribution is -2.09. The maximum Gasteiger partial charge on any atom is 0.293 e. The largest absolute Gasteiger partial charge is 0.324 e. The molecule has 13 heavy (non-hydrogen) atoms. The summed E-state index contributed by atoms with van der Waals surface area (Å²) in [5, 5.41) is 7.74. The Balaban J connectivity index is 2.68. The van der Waals surface area contributed by atoms with E-state index in [9.17, 15) is 4.79 Å². The van der Waals surface area contributed by atoms with Gasteiger partial charge in [-0.3, -0.25) is 9.20 Å².